The van der Waals surface area contributed by atoms with Gasteiger partial charge in [0.15, 0.2) is 11.6 Å². The molecule has 1 heterocycles. The van der Waals surface area contributed by atoms with Gasteiger partial charge < -0.3 is 5.32 Å². The SMILES string of the molecule is Cc1ccc(Cl)c(Nc2ncc(Br)cc2F)c1Cl. The summed E-state index contributed by atoms with van der Waals surface area (Å²) in [4.78, 5) is 3.93. The number of rotatable bonds is 2. The van der Waals surface area contributed by atoms with Crippen LogP contribution in [0.5, 0.6) is 0 Å². The predicted octanol–water partition coefficient (Wildman–Crippen LogP) is 5.34. The van der Waals surface area contributed by atoms with Gasteiger partial charge in [0.2, 0.25) is 0 Å². The van der Waals surface area contributed by atoms with E-state index in [1.54, 1.807) is 12.1 Å². The molecule has 1 aromatic heterocycles. The molecule has 0 saturated heterocycles. The number of hydrogen-bond donors (Lipinski definition) is 1. The van der Waals surface area contributed by atoms with Crippen LogP contribution in [-0.4, -0.2) is 4.98 Å². The summed E-state index contributed by atoms with van der Waals surface area (Å²) >= 11 is 15.3. The first-order valence-electron chi connectivity index (χ1n) is 5.01. The van der Waals surface area contributed by atoms with Gasteiger partial charge >= 0.3 is 0 Å². The van der Waals surface area contributed by atoms with E-state index in [-0.39, 0.29) is 5.82 Å². The Hall–Kier alpha value is -0.840. The summed E-state index contributed by atoms with van der Waals surface area (Å²) in [5.74, 6) is -0.411. The topological polar surface area (TPSA) is 24.9 Å². The lowest BCUT2D eigenvalue weighted by Gasteiger charge is -2.12. The van der Waals surface area contributed by atoms with Crippen molar-refractivity contribution >= 4 is 50.6 Å². The van der Waals surface area contributed by atoms with E-state index in [2.05, 4.69) is 26.2 Å². The Bertz CT molecular complexity index is 605. The van der Waals surface area contributed by atoms with Crippen molar-refractivity contribution < 1.29 is 4.39 Å². The Morgan fingerprint density at radius 3 is 2.72 bits per heavy atom. The maximum absolute atomic E-state index is 13.7. The van der Waals surface area contributed by atoms with E-state index in [1.807, 2.05) is 6.92 Å². The second-order valence-electron chi connectivity index (χ2n) is 3.66. The summed E-state index contributed by atoms with van der Waals surface area (Å²) < 4.78 is 14.2. The number of aryl methyl sites for hydroxylation is 1. The average molecular weight is 350 g/mol. The third-order valence-corrected chi connectivity index (χ3v) is 3.57. The standard InChI is InChI=1S/C12H8BrCl2FN2/c1-6-2-3-8(14)11(10(6)15)18-12-9(16)4-7(13)5-17-12/h2-5H,1H3,(H,17,18). The highest BCUT2D eigenvalue weighted by Crippen LogP contribution is 2.35. The third kappa shape index (κ3) is 2.76. The maximum Gasteiger partial charge on any atom is 0.166 e. The summed E-state index contributed by atoms with van der Waals surface area (Å²) in [5.41, 5.74) is 1.30. The quantitative estimate of drug-likeness (QED) is 0.791. The van der Waals surface area contributed by atoms with Gasteiger partial charge in [-0.15, -0.1) is 0 Å². The molecule has 0 saturated carbocycles. The number of nitrogens with zero attached hydrogens (tertiary/aromatic N) is 1. The molecule has 94 valence electrons. The highest BCUT2D eigenvalue weighted by molar-refractivity contribution is 9.10. The van der Waals surface area contributed by atoms with Gasteiger partial charge in [-0.05, 0) is 40.5 Å². The molecule has 18 heavy (non-hydrogen) atoms. The van der Waals surface area contributed by atoms with E-state index < -0.39 is 5.82 Å². The van der Waals surface area contributed by atoms with Crippen LogP contribution >= 0.6 is 39.1 Å². The molecular formula is C12H8BrCl2FN2. The maximum atomic E-state index is 13.7. The molecule has 0 radical (unpaired) electrons. The van der Waals surface area contributed by atoms with Crippen molar-refractivity contribution in [1.29, 1.82) is 0 Å². The van der Waals surface area contributed by atoms with Crippen LogP contribution < -0.4 is 5.32 Å². The first kappa shape index (κ1) is 13.6. The number of aromatic nitrogens is 1. The van der Waals surface area contributed by atoms with Crippen LogP contribution in [0.25, 0.3) is 0 Å². The molecule has 2 aromatic rings. The number of halogens is 4. The van der Waals surface area contributed by atoms with Crippen LogP contribution in [0.15, 0.2) is 28.9 Å². The lowest BCUT2D eigenvalue weighted by atomic mass is 10.2. The normalized spacial score (nSPS) is 10.5. The average Bonchev–Trinajstić information content (AvgIpc) is 2.32. The van der Waals surface area contributed by atoms with Crippen LogP contribution in [0.2, 0.25) is 10.0 Å². The molecule has 1 N–H and O–H groups in total. The fraction of sp³-hybridized carbons (Fsp3) is 0.0833. The monoisotopic (exact) mass is 348 g/mol. The smallest absolute Gasteiger partial charge is 0.166 e. The van der Waals surface area contributed by atoms with Crippen LogP contribution in [0.1, 0.15) is 5.56 Å². The zero-order chi connectivity index (χ0) is 13.3. The highest BCUT2D eigenvalue weighted by atomic mass is 79.9. The van der Waals surface area contributed by atoms with E-state index in [0.717, 1.165) is 5.56 Å². The molecule has 0 aliphatic carbocycles. The largest absolute Gasteiger partial charge is 0.335 e. The summed E-state index contributed by atoms with van der Waals surface area (Å²) in [7, 11) is 0. The van der Waals surface area contributed by atoms with Crippen molar-refractivity contribution in [2.24, 2.45) is 0 Å². The minimum Gasteiger partial charge on any atom is -0.335 e. The Morgan fingerprint density at radius 2 is 2.06 bits per heavy atom. The molecule has 0 atom stereocenters. The van der Waals surface area contributed by atoms with Gasteiger partial charge in [-0.2, -0.15) is 0 Å². The second kappa shape index (κ2) is 5.43. The zero-order valence-corrected chi connectivity index (χ0v) is 12.4. The Labute approximate surface area is 122 Å². The van der Waals surface area contributed by atoms with Gasteiger partial charge in [0.05, 0.1) is 15.7 Å². The Balaban J connectivity index is 2.43. The molecule has 2 nitrogen and oxygen atoms in total. The zero-order valence-electron chi connectivity index (χ0n) is 9.27. The van der Waals surface area contributed by atoms with E-state index in [0.29, 0.717) is 20.2 Å². The molecular weight excluding hydrogens is 342 g/mol. The predicted molar refractivity (Wildman–Crippen MR) is 76.4 cm³/mol. The van der Waals surface area contributed by atoms with Crippen molar-refractivity contribution in [1.82, 2.24) is 4.98 Å². The highest BCUT2D eigenvalue weighted by Gasteiger charge is 2.12. The number of benzene rings is 1. The first-order valence-corrected chi connectivity index (χ1v) is 6.56. The number of anilines is 2. The van der Waals surface area contributed by atoms with Gasteiger partial charge in [-0.1, -0.05) is 29.3 Å². The van der Waals surface area contributed by atoms with E-state index >= 15 is 0 Å². The number of hydrogen-bond acceptors (Lipinski definition) is 2. The molecule has 1 aromatic carbocycles. The Kier molecular flexibility index (Phi) is 4.10. The second-order valence-corrected chi connectivity index (χ2v) is 5.36. The van der Waals surface area contributed by atoms with Crippen molar-refractivity contribution in [2.75, 3.05) is 5.32 Å². The van der Waals surface area contributed by atoms with Gasteiger partial charge in [0.25, 0.3) is 0 Å². The summed E-state index contributed by atoms with van der Waals surface area (Å²) in [5, 5.41) is 3.67. The summed E-state index contributed by atoms with van der Waals surface area (Å²) in [6, 6.07) is 4.80. The molecule has 0 spiro atoms. The number of pyridine rings is 1. The van der Waals surface area contributed by atoms with Crippen LogP contribution in [0.4, 0.5) is 15.9 Å². The minimum atomic E-state index is -0.488. The van der Waals surface area contributed by atoms with E-state index in [1.165, 1.54) is 12.3 Å². The molecule has 0 fully saturated rings. The molecule has 0 aliphatic heterocycles. The molecule has 2 rings (SSSR count). The summed E-state index contributed by atoms with van der Waals surface area (Å²) in [6.07, 6.45) is 1.49. The fourth-order valence-electron chi connectivity index (χ4n) is 1.40. The molecule has 0 amide bonds. The van der Waals surface area contributed by atoms with Crippen molar-refractivity contribution in [3.05, 3.63) is 50.3 Å². The Morgan fingerprint density at radius 1 is 1.33 bits per heavy atom. The molecule has 0 aliphatic rings. The summed E-state index contributed by atoms with van der Waals surface area (Å²) in [6.45, 7) is 1.84. The fourth-order valence-corrected chi connectivity index (χ4v) is 2.16. The van der Waals surface area contributed by atoms with Crippen molar-refractivity contribution in [3.8, 4) is 0 Å². The number of nitrogens with one attached hydrogen (secondary N) is 1. The van der Waals surface area contributed by atoms with Gasteiger partial charge in [-0.25, -0.2) is 9.37 Å². The van der Waals surface area contributed by atoms with Crippen molar-refractivity contribution in [2.45, 2.75) is 6.92 Å². The van der Waals surface area contributed by atoms with Crippen molar-refractivity contribution in [3.63, 3.8) is 0 Å². The van der Waals surface area contributed by atoms with Gasteiger partial charge in [0, 0.05) is 10.7 Å². The third-order valence-electron chi connectivity index (χ3n) is 2.34. The van der Waals surface area contributed by atoms with E-state index in [4.69, 9.17) is 23.2 Å². The van der Waals surface area contributed by atoms with Crippen LogP contribution in [-0.2, 0) is 0 Å². The van der Waals surface area contributed by atoms with Gasteiger partial charge in [0.1, 0.15) is 0 Å². The lowest BCUT2D eigenvalue weighted by Crippen LogP contribution is -1.99. The molecule has 0 bridgehead atoms. The first-order chi connectivity index (χ1) is 8.49. The van der Waals surface area contributed by atoms with Crippen LogP contribution in [0.3, 0.4) is 0 Å². The van der Waals surface area contributed by atoms with Crippen LogP contribution in [0, 0.1) is 12.7 Å². The minimum absolute atomic E-state index is 0.0765. The van der Waals surface area contributed by atoms with Gasteiger partial charge in [-0.3, -0.25) is 0 Å². The molecule has 6 heteroatoms. The van der Waals surface area contributed by atoms with E-state index in [9.17, 15) is 4.39 Å². The molecule has 0 unspecified atom stereocenters. The lowest BCUT2D eigenvalue weighted by molar-refractivity contribution is 0.625.